The molecule has 2 aromatic rings. The first-order valence-corrected chi connectivity index (χ1v) is 4.40. The Morgan fingerprint density at radius 1 is 1.54 bits per heavy atom. The van der Waals surface area contributed by atoms with Gasteiger partial charge in [0.2, 0.25) is 0 Å². The highest BCUT2D eigenvalue weighted by atomic mass is 79.9. The summed E-state index contributed by atoms with van der Waals surface area (Å²) < 4.78 is 0.820. The number of imidazole rings is 1. The molecule has 1 heterocycles. The quantitative estimate of drug-likeness (QED) is 0.745. The van der Waals surface area contributed by atoms with E-state index in [0.717, 1.165) is 10.8 Å². The number of anilines is 1. The molecule has 0 fully saturated rings. The summed E-state index contributed by atoms with van der Waals surface area (Å²) in [4.78, 5) is 17.5. The van der Waals surface area contributed by atoms with Crippen molar-refractivity contribution in [3.05, 3.63) is 22.2 Å². The molecule has 0 unspecified atom stereocenters. The number of H-pyrrole nitrogens is 1. The molecule has 0 aliphatic rings. The van der Waals surface area contributed by atoms with Gasteiger partial charge in [-0.15, -0.1) is 0 Å². The topological polar surface area (TPSA) is 71.8 Å². The third-order valence-electron chi connectivity index (χ3n) is 1.77. The number of aromatic amines is 1. The predicted octanol–water partition coefficient (Wildman–Crippen LogP) is 1.72. The number of nitrogen functional groups attached to an aromatic ring is 1. The third-order valence-corrected chi connectivity index (χ3v) is 2.41. The first kappa shape index (κ1) is 8.25. The number of hydrogen-bond donors (Lipinski definition) is 2. The van der Waals surface area contributed by atoms with E-state index in [1.807, 2.05) is 0 Å². The number of fused-ring (bicyclic) bond motifs is 1. The molecule has 0 radical (unpaired) electrons. The zero-order valence-corrected chi connectivity index (χ0v) is 8.13. The fourth-order valence-corrected chi connectivity index (χ4v) is 1.62. The Labute approximate surface area is 82.3 Å². The van der Waals surface area contributed by atoms with Crippen LogP contribution in [0.4, 0.5) is 5.95 Å². The van der Waals surface area contributed by atoms with Gasteiger partial charge in [-0.2, -0.15) is 0 Å². The smallest absolute Gasteiger partial charge is 0.198 e. The number of carbonyl (C=O) groups is 1. The molecule has 4 nitrogen and oxygen atoms in total. The number of aldehydes is 1. The predicted molar refractivity (Wildman–Crippen MR) is 53.6 cm³/mol. The van der Waals surface area contributed by atoms with Gasteiger partial charge in [0, 0.05) is 10.0 Å². The molecule has 0 spiro atoms. The van der Waals surface area contributed by atoms with Gasteiger partial charge in [-0.25, -0.2) is 4.98 Å². The Kier molecular flexibility index (Phi) is 1.81. The summed E-state index contributed by atoms with van der Waals surface area (Å²) in [5, 5.41) is 0. The highest BCUT2D eigenvalue weighted by molar-refractivity contribution is 9.10. The van der Waals surface area contributed by atoms with E-state index >= 15 is 0 Å². The highest BCUT2D eigenvalue weighted by Crippen LogP contribution is 2.24. The fourth-order valence-electron chi connectivity index (χ4n) is 1.20. The lowest BCUT2D eigenvalue weighted by Crippen LogP contribution is -1.85. The maximum Gasteiger partial charge on any atom is 0.198 e. The van der Waals surface area contributed by atoms with Gasteiger partial charge in [-0.3, -0.25) is 4.79 Å². The zero-order chi connectivity index (χ0) is 9.42. The number of halogens is 1. The molecule has 0 bridgehead atoms. The van der Waals surface area contributed by atoms with E-state index in [0.29, 0.717) is 22.5 Å². The van der Waals surface area contributed by atoms with E-state index in [-0.39, 0.29) is 0 Å². The van der Waals surface area contributed by atoms with Crippen LogP contribution in [0.5, 0.6) is 0 Å². The minimum Gasteiger partial charge on any atom is -0.369 e. The van der Waals surface area contributed by atoms with Crippen molar-refractivity contribution in [2.75, 3.05) is 5.73 Å². The Morgan fingerprint density at radius 3 is 3.00 bits per heavy atom. The first-order chi connectivity index (χ1) is 6.22. The van der Waals surface area contributed by atoms with E-state index < -0.39 is 0 Å². The summed E-state index contributed by atoms with van der Waals surface area (Å²) in [7, 11) is 0. The van der Waals surface area contributed by atoms with Gasteiger partial charge >= 0.3 is 0 Å². The van der Waals surface area contributed by atoms with Crippen molar-refractivity contribution in [1.29, 1.82) is 0 Å². The van der Waals surface area contributed by atoms with E-state index in [1.54, 1.807) is 12.1 Å². The molecule has 0 amide bonds. The molecule has 66 valence electrons. The van der Waals surface area contributed by atoms with Crippen molar-refractivity contribution in [2.24, 2.45) is 0 Å². The van der Waals surface area contributed by atoms with Crippen LogP contribution in [0.25, 0.3) is 11.0 Å². The van der Waals surface area contributed by atoms with Gasteiger partial charge in [0.15, 0.2) is 12.2 Å². The van der Waals surface area contributed by atoms with Crippen molar-refractivity contribution in [3.63, 3.8) is 0 Å². The standard InChI is InChI=1S/C8H6BrN3O/c9-5-2-1-4(3-13)6-7(5)12-8(10)11-6/h1-3H,(H3,10,11,12). The highest BCUT2D eigenvalue weighted by Gasteiger charge is 2.07. The van der Waals surface area contributed by atoms with Crippen LogP contribution in [-0.2, 0) is 0 Å². The Bertz CT molecular complexity index is 477. The molecule has 0 aliphatic carbocycles. The van der Waals surface area contributed by atoms with Gasteiger partial charge in [-0.1, -0.05) is 0 Å². The van der Waals surface area contributed by atoms with Crippen LogP contribution in [0, 0.1) is 0 Å². The Morgan fingerprint density at radius 2 is 2.31 bits per heavy atom. The van der Waals surface area contributed by atoms with Crippen molar-refractivity contribution in [3.8, 4) is 0 Å². The summed E-state index contributed by atoms with van der Waals surface area (Å²) in [5.74, 6) is 0.310. The number of nitrogens with one attached hydrogen (secondary N) is 1. The monoisotopic (exact) mass is 239 g/mol. The molecule has 3 N–H and O–H groups in total. The van der Waals surface area contributed by atoms with Crippen LogP contribution in [0.3, 0.4) is 0 Å². The zero-order valence-electron chi connectivity index (χ0n) is 6.54. The van der Waals surface area contributed by atoms with Crippen molar-refractivity contribution >= 4 is 39.2 Å². The molecular weight excluding hydrogens is 234 g/mol. The van der Waals surface area contributed by atoms with Gasteiger partial charge in [0.05, 0.1) is 5.52 Å². The van der Waals surface area contributed by atoms with Gasteiger partial charge < -0.3 is 10.7 Å². The minimum absolute atomic E-state index is 0.310. The summed E-state index contributed by atoms with van der Waals surface area (Å²) >= 11 is 3.32. The molecule has 0 saturated carbocycles. The third kappa shape index (κ3) is 1.21. The molecular formula is C8H6BrN3O. The second-order valence-corrected chi connectivity index (χ2v) is 3.45. The van der Waals surface area contributed by atoms with E-state index in [9.17, 15) is 4.79 Å². The normalized spacial score (nSPS) is 10.5. The van der Waals surface area contributed by atoms with Crippen LogP contribution < -0.4 is 5.73 Å². The number of hydrogen-bond acceptors (Lipinski definition) is 3. The second kappa shape index (κ2) is 2.85. The van der Waals surface area contributed by atoms with Crippen LogP contribution in [-0.4, -0.2) is 16.3 Å². The number of rotatable bonds is 1. The van der Waals surface area contributed by atoms with Crippen LogP contribution in [0.1, 0.15) is 10.4 Å². The van der Waals surface area contributed by atoms with Gasteiger partial charge in [0.1, 0.15) is 5.52 Å². The SMILES string of the molecule is Nc1nc2c(Br)ccc(C=O)c2[nH]1. The Balaban J connectivity index is 2.91. The Hall–Kier alpha value is -1.36. The van der Waals surface area contributed by atoms with Crippen LogP contribution >= 0.6 is 15.9 Å². The second-order valence-electron chi connectivity index (χ2n) is 2.60. The summed E-state index contributed by atoms with van der Waals surface area (Å²) in [6, 6.07) is 3.48. The summed E-state index contributed by atoms with van der Waals surface area (Å²) in [6.07, 6.45) is 0.770. The average Bonchev–Trinajstić information content (AvgIpc) is 2.48. The largest absolute Gasteiger partial charge is 0.369 e. The molecule has 1 aromatic carbocycles. The lowest BCUT2D eigenvalue weighted by molar-refractivity contribution is 0.112. The number of nitrogens with two attached hydrogens (primary N) is 1. The first-order valence-electron chi connectivity index (χ1n) is 3.61. The number of nitrogens with zero attached hydrogens (tertiary/aromatic N) is 1. The molecule has 13 heavy (non-hydrogen) atoms. The average molecular weight is 240 g/mol. The van der Waals surface area contributed by atoms with E-state index in [2.05, 4.69) is 25.9 Å². The molecule has 2 rings (SSSR count). The maximum absolute atomic E-state index is 10.6. The van der Waals surface area contributed by atoms with Crippen molar-refractivity contribution in [2.45, 2.75) is 0 Å². The van der Waals surface area contributed by atoms with Gasteiger partial charge in [0.25, 0.3) is 0 Å². The molecule has 0 aliphatic heterocycles. The van der Waals surface area contributed by atoms with E-state index in [4.69, 9.17) is 5.73 Å². The van der Waals surface area contributed by atoms with Crippen LogP contribution in [0.15, 0.2) is 16.6 Å². The molecule has 1 aromatic heterocycles. The van der Waals surface area contributed by atoms with Crippen molar-refractivity contribution < 1.29 is 4.79 Å². The molecule has 0 saturated heterocycles. The lowest BCUT2D eigenvalue weighted by atomic mass is 10.2. The number of benzene rings is 1. The van der Waals surface area contributed by atoms with Crippen molar-refractivity contribution in [1.82, 2.24) is 9.97 Å². The van der Waals surface area contributed by atoms with E-state index in [1.165, 1.54) is 0 Å². The minimum atomic E-state index is 0.310. The van der Waals surface area contributed by atoms with Crippen LogP contribution in [0.2, 0.25) is 0 Å². The molecule has 0 atom stereocenters. The summed E-state index contributed by atoms with van der Waals surface area (Å²) in [5.41, 5.74) is 7.39. The lowest BCUT2D eigenvalue weighted by Gasteiger charge is -1.94. The summed E-state index contributed by atoms with van der Waals surface area (Å²) in [6.45, 7) is 0. The maximum atomic E-state index is 10.6. The molecule has 5 heteroatoms. The number of carbonyl (C=O) groups excluding carboxylic acids is 1. The van der Waals surface area contributed by atoms with Gasteiger partial charge in [-0.05, 0) is 28.1 Å². The fraction of sp³-hybridized carbons (Fsp3) is 0. The number of aromatic nitrogens is 2.